The second-order valence-electron chi connectivity index (χ2n) is 6.04. The summed E-state index contributed by atoms with van der Waals surface area (Å²) in [4.78, 5) is 0. The molecule has 1 N–H and O–H groups in total. The fourth-order valence-corrected chi connectivity index (χ4v) is 3.60. The maximum absolute atomic E-state index is 5.87. The fraction of sp³-hybridized carbons (Fsp3) is 0.647. The minimum atomic E-state index is 0.260. The predicted molar refractivity (Wildman–Crippen MR) is 87.9 cm³/mol. The van der Waals surface area contributed by atoms with E-state index in [0.717, 1.165) is 23.9 Å². The van der Waals surface area contributed by atoms with Crippen LogP contribution in [0.3, 0.4) is 0 Å². The van der Waals surface area contributed by atoms with Crippen LogP contribution >= 0.6 is 15.9 Å². The van der Waals surface area contributed by atoms with Gasteiger partial charge in [0.15, 0.2) is 0 Å². The molecule has 0 radical (unpaired) electrons. The second kappa shape index (κ2) is 6.59. The third-order valence-electron chi connectivity index (χ3n) is 4.91. The van der Waals surface area contributed by atoms with Crippen LogP contribution in [0.15, 0.2) is 28.7 Å². The molecule has 4 unspecified atom stereocenters. The Balaban J connectivity index is 2.00. The average Bonchev–Trinajstić information content (AvgIpc) is 2.45. The van der Waals surface area contributed by atoms with Crippen LogP contribution in [0, 0.1) is 5.41 Å². The van der Waals surface area contributed by atoms with Crippen molar-refractivity contribution in [1.29, 1.82) is 0 Å². The quantitative estimate of drug-likeness (QED) is 0.811. The number of hydrogen-bond donors (Lipinski definition) is 1. The van der Waals surface area contributed by atoms with Crippen molar-refractivity contribution in [3.8, 4) is 0 Å². The highest BCUT2D eigenvalue weighted by Gasteiger charge is 2.51. The van der Waals surface area contributed by atoms with Crippen molar-refractivity contribution < 1.29 is 4.74 Å². The maximum atomic E-state index is 5.87. The molecule has 0 spiro atoms. The first-order valence-corrected chi connectivity index (χ1v) is 8.43. The van der Waals surface area contributed by atoms with E-state index in [-0.39, 0.29) is 5.41 Å². The number of rotatable bonds is 6. The molecular weight excluding hydrogens is 314 g/mol. The van der Waals surface area contributed by atoms with Crippen LogP contribution in [0.25, 0.3) is 0 Å². The van der Waals surface area contributed by atoms with Gasteiger partial charge in [-0.05, 0) is 44.4 Å². The van der Waals surface area contributed by atoms with Crippen molar-refractivity contribution >= 4 is 15.9 Å². The van der Waals surface area contributed by atoms with Gasteiger partial charge in [0.2, 0.25) is 0 Å². The first kappa shape index (κ1) is 16.0. The zero-order chi connectivity index (χ0) is 14.8. The van der Waals surface area contributed by atoms with Gasteiger partial charge in [0.25, 0.3) is 0 Å². The first-order valence-electron chi connectivity index (χ1n) is 7.64. The Kier molecular flexibility index (Phi) is 5.27. The summed E-state index contributed by atoms with van der Waals surface area (Å²) in [7, 11) is 0. The Hall–Kier alpha value is -0.380. The van der Waals surface area contributed by atoms with E-state index in [1.165, 1.54) is 5.56 Å². The number of hydrogen-bond acceptors (Lipinski definition) is 2. The molecule has 1 saturated carbocycles. The van der Waals surface area contributed by atoms with E-state index < -0.39 is 0 Å². The Morgan fingerprint density at radius 3 is 2.80 bits per heavy atom. The molecular formula is C17H26BrNO. The molecule has 0 aromatic heterocycles. The van der Waals surface area contributed by atoms with Crippen LogP contribution < -0.4 is 5.32 Å². The molecule has 1 aromatic carbocycles. The fourth-order valence-electron chi connectivity index (χ4n) is 3.18. The summed E-state index contributed by atoms with van der Waals surface area (Å²) in [5.41, 5.74) is 1.59. The Bertz CT molecular complexity index is 450. The SMILES string of the molecule is CCOC1CC(NC(C)c2cccc(Br)c2)C1(C)CC. The van der Waals surface area contributed by atoms with Crippen LogP contribution in [-0.4, -0.2) is 18.8 Å². The van der Waals surface area contributed by atoms with E-state index in [1.807, 2.05) is 0 Å². The van der Waals surface area contributed by atoms with Crippen LogP contribution in [0.1, 0.15) is 52.1 Å². The van der Waals surface area contributed by atoms with Gasteiger partial charge in [-0.3, -0.25) is 0 Å². The van der Waals surface area contributed by atoms with Gasteiger partial charge in [-0.25, -0.2) is 0 Å². The molecule has 1 fully saturated rings. The van der Waals surface area contributed by atoms with Gasteiger partial charge in [0.05, 0.1) is 6.10 Å². The Labute approximate surface area is 131 Å². The molecule has 0 amide bonds. The number of nitrogens with one attached hydrogen (secondary N) is 1. The van der Waals surface area contributed by atoms with E-state index in [4.69, 9.17) is 4.74 Å². The summed E-state index contributed by atoms with van der Waals surface area (Å²) in [6.45, 7) is 9.76. The average molecular weight is 340 g/mol. The smallest absolute Gasteiger partial charge is 0.0658 e. The predicted octanol–water partition coefficient (Wildman–Crippen LogP) is 4.69. The largest absolute Gasteiger partial charge is 0.378 e. The second-order valence-corrected chi connectivity index (χ2v) is 6.95. The molecule has 2 nitrogen and oxygen atoms in total. The van der Waals surface area contributed by atoms with Crippen LogP contribution in [0.4, 0.5) is 0 Å². The van der Waals surface area contributed by atoms with Crippen molar-refractivity contribution in [1.82, 2.24) is 5.32 Å². The Morgan fingerprint density at radius 2 is 2.20 bits per heavy atom. The zero-order valence-electron chi connectivity index (χ0n) is 12.9. The Morgan fingerprint density at radius 1 is 1.45 bits per heavy atom. The highest BCUT2D eigenvalue weighted by Crippen LogP contribution is 2.46. The topological polar surface area (TPSA) is 21.3 Å². The van der Waals surface area contributed by atoms with E-state index in [1.54, 1.807) is 0 Å². The van der Waals surface area contributed by atoms with Crippen molar-refractivity contribution in [2.45, 2.75) is 58.7 Å². The molecule has 20 heavy (non-hydrogen) atoms. The van der Waals surface area contributed by atoms with E-state index >= 15 is 0 Å². The summed E-state index contributed by atoms with van der Waals surface area (Å²) in [5, 5.41) is 3.79. The lowest BCUT2D eigenvalue weighted by Gasteiger charge is -2.54. The lowest BCUT2D eigenvalue weighted by Crippen LogP contribution is -2.62. The summed E-state index contributed by atoms with van der Waals surface area (Å²) in [6, 6.07) is 9.45. The van der Waals surface area contributed by atoms with Crippen molar-refractivity contribution in [2.24, 2.45) is 5.41 Å². The molecule has 1 aliphatic carbocycles. The van der Waals surface area contributed by atoms with Gasteiger partial charge in [-0.15, -0.1) is 0 Å². The highest BCUT2D eigenvalue weighted by molar-refractivity contribution is 9.10. The van der Waals surface area contributed by atoms with Gasteiger partial charge in [0, 0.05) is 28.6 Å². The summed E-state index contributed by atoms with van der Waals surface area (Å²) < 4.78 is 7.01. The van der Waals surface area contributed by atoms with Crippen LogP contribution in [0.2, 0.25) is 0 Å². The van der Waals surface area contributed by atoms with E-state index in [0.29, 0.717) is 18.2 Å². The third kappa shape index (κ3) is 3.10. The zero-order valence-corrected chi connectivity index (χ0v) is 14.5. The van der Waals surface area contributed by atoms with Crippen molar-refractivity contribution in [3.63, 3.8) is 0 Å². The van der Waals surface area contributed by atoms with E-state index in [9.17, 15) is 0 Å². The van der Waals surface area contributed by atoms with Crippen LogP contribution in [0.5, 0.6) is 0 Å². The highest BCUT2D eigenvalue weighted by atomic mass is 79.9. The third-order valence-corrected chi connectivity index (χ3v) is 5.40. The van der Waals surface area contributed by atoms with Crippen LogP contribution in [-0.2, 0) is 4.74 Å². The number of halogens is 1. The normalized spacial score (nSPS) is 30.9. The molecule has 1 aliphatic rings. The molecule has 2 rings (SSSR count). The summed E-state index contributed by atoms with van der Waals surface area (Å²) in [5.74, 6) is 0. The molecule has 1 aromatic rings. The molecule has 0 aliphatic heterocycles. The van der Waals surface area contributed by atoms with E-state index in [2.05, 4.69) is 73.2 Å². The standard InChI is InChI=1S/C17H26BrNO/c1-5-17(4)15(11-16(17)20-6-2)19-12(3)13-8-7-9-14(18)10-13/h7-10,12,15-16,19H,5-6,11H2,1-4H3. The summed E-state index contributed by atoms with van der Waals surface area (Å²) >= 11 is 3.55. The number of ether oxygens (including phenoxy) is 1. The molecule has 4 atom stereocenters. The molecule has 0 saturated heterocycles. The van der Waals surface area contributed by atoms with Crippen molar-refractivity contribution in [3.05, 3.63) is 34.3 Å². The lowest BCUT2D eigenvalue weighted by atomic mass is 9.61. The first-order chi connectivity index (χ1) is 9.51. The number of benzene rings is 1. The van der Waals surface area contributed by atoms with Gasteiger partial charge >= 0.3 is 0 Å². The molecule has 0 bridgehead atoms. The van der Waals surface area contributed by atoms with Gasteiger partial charge in [0.1, 0.15) is 0 Å². The van der Waals surface area contributed by atoms with Gasteiger partial charge < -0.3 is 10.1 Å². The maximum Gasteiger partial charge on any atom is 0.0658 e. The monoisotopic (exact) mass is 339 g/mol. The lowest BCUT2D eigenvalue weighted by molar-refractivity contribution is -0.127. The van der Waals surface area contributed by atoms with Gasteiger partial charge in [-0.2, -0.15) is 0 Å². The molecule has 0 heterocycles. The summed E-state index contributed by atoms with van der Waals surface area (Å²) in [6.07, 6.45) is 2.68. The molecule has 112 valence electrons. The minimum Gasteiger partial charge on any atom is -0.378 e. The van der Waals surface area contributed by atoms with Crippen molar-refractivity contribution in [2.75, 3.05) is 6.61 Å². The minimum absolute atomic E-state index is 0.260. The molecule has 3 heteroatoms. The van der Waals surface area contributed by atoms with Gasteiger partial charge in [-0.1, -0.05) is 41.9 Å².